The Morgan fingerprint density at radius 3 is 2.32 bits per heavy atom. The largest absolute Gasteiger partial charge is 0.469 e. The second kappa shape index (κ2) is 9.78. The lowest BCUT2D eigenvalue weighted by atomic mass is 10.1. The van der Waals surface area contributed by atoms with Crippen molar-refractivity contribution in [3.05, 3.63) is 0 Å². The molecule has 1 unspecified atom stereocenters. The van der Waals surface area contributed by atoms with Crippen LogP contribution in [-0.4, -0.2) is 43.5 Å². The number of esters is 1. The molecule has 1 atom stereocenters. The van der Waals surface area contributed by atoms with Crippen molar-refractivity contribution in [3.8, 4) is 0 Å². The van der Waals surface area contributed by atoms with Gasteiger partial charge in [-0.05, 0) is 24.8 Å². The highest BCUT2D eigenvalue weighted by atomic mass is 16.5. The maximum atomic E-state index is 12.1. The van der Waals surface area contributed by atoms with Gasteiger partial charge < -0.3 is 15.4 Å². The lowest BCUT2D eigenvalue weighted by Crippen LogP contribution is -2.36. The molecule has 0 fully saturated rings. The predicted octanol–water partition coefficient (Wildman–Crippen LogP) is 1.41. The molecular weight excluding hydrogens is 244 g/mol. The summed E-state index contributed by atoms with van der Waals surface area (Å²) < 4.78 is 4.61. The standard InChI is InChI=1S/C14H28N2O3/c1-11(2)10-16(8-7-14(18)19-4)13(17)6-5-12(3)9-15/h11-12H,5-10,15H2,1-4H3. The molecule has 2 N–H and O–H groups in total. The molecule has 112 valence electrons. The van der Waals surface area contributed by atoms with Crippen molar-refractivity contribution in [2.75, 3.05) is 26.7 Å². The Morgan fingerprint density at radius 2 is 1.84 bits per heavy atom. The minimum atomic E-state index is -0.281. The van der Waals surface area contributed by atoms with E-state index in [1.807, 2.05) is 6.92 Å². The summed E-state index contributed by atoms with van der Waals surface area (Å²) in [5.41, 5.74) is 5.55. The van der Waals surface area contributed by atoms with E-state index in [2.05, 4.69) is 18.6 Å². The van der Waals surface area contributed by atoms with E-state index in [9.17, 15) is 9.59 Å². The van der Waals surface area contributed by atoms with Crippen LogP contribution in [0, 0.1) is 11.8 Å². The lowest BCUT2D eigenvalue weighted by molar-refractivity contribution is -0.142. The molecule has 0 aliphatic rings. The monoisotopic (exact) mass is 272 g/mol. The molecule has 0 saturated carbocycles. The van der Waals surface area contributed by atoms with Crippen LogP contribution in [0.1, 0.15) is 40.0 Å². The maximum absolute atomic E-state index is 12.1. The summed E-state index contributed by atoms with van der Waals surface area (Å²) in [6, 6.07) is 0. The SMILES string of the molecule is COC(=O)CCN(CC(C)C)C(=O)CCC(C)CN. The van der Waals surface area contributed by atoms with Gasteiger partial charge in [-0.2, -0.15) is 0 Å². The number of nitrogens with two attached hydrogens (primary N) is 1. The van der Waals surface area contributed by atoms with E-state index in [-0.39, 0.29) is 18.3 Å². The first-order valence-corrected chi connectivity index (χ1v) is 6.95. The van der Waals surface area contributed by atoms with Gasteiger partial charge in [-0.1, -0.05) is 20.8 Å². The topological polar surface area (TPSA) is 72.6 Å². The third-order valence-corrected chi connectivity index (χ3v) is 3.01. The normalized spacial score (nSPS) is 12.3. The third-order valence-electron chi connectivity index (χ3n) is 3.01. The van der Waals surface area contributed by atoms with Crippen molar-refractivity contribution in [2.45, 2.75) is 40.0 Å². The first-order valence-electron chi connectivity index (χ1n) is 6.95. The molecular formula is C14H28N2O3. The molecule has 0 spiro atoms. The van der Waals surface area contributed by atoms with Gasteiger partial charge in [0.05, 0.1) is 13.5 Å². The molecule has 0 aromatic rings. The van der Waals surface area contributed by atoms with Gasteiger partial charge in [-0.15, -0.1) is 0 Å². The van der Waals surface area contributed by atoms with E-state index in [0.29, 0.717) is 37.9 Å². The fourth-order valence-corrected chi connectivity index (χ4v) is 1.73. The summed E-state index contributed by atoms with van der Waals surface area (Å²) in [4.78, 5) is 25.0. The van der Waals surface area contributed by atoms with Gasteiger partial charge in [0, 0.05) is 19.5 Å². The van der Waals surface area contributed by atoms with Crippen LogP contribution >= 0.6 is 0 Å². The minimum absolute atomic E-state index is 0.0953. The number of nitrogens with zero attached hydrogens (tertiary/aromatic N) is 1. The average molecular weight is 272 g/mol. The average Bonchev–Trinajstić information content (AvgIpc) is 2.39. The molecule has 0 aromatic heterocycles. The fraction of sp³-hybridized carbons (Fsp3) is 0.857. The van der Waals surface area contributed by atoms with Crippen LogP contribution in [0.3, 0.4) is 0 Å². The van der Waals surface area contributed by atoms with Crippen molar-refractivity contribution < 1.29 is 14.3 Å². The van der Waals surface area contributed by atoms with Crippen LogP contribution in [0.5, 0.6) is 0 Å². The van der Waals surface area contributed by atoms with Gasteiger partial charge in [0.25, 0.3) is 0 Å². The molecule has 5 heteroatoms. The van der Waals surface area contributed by atoms with E-state index in [0.717, 1.165) is 6.42 Å². The highest BCUT2D eigenvalue weighted by molar-refractivity contribution is 5.77. The first kappa shape index (κ1) is 17.9. The molecule has 0 aliphatic heterocycles. The molecule has 0 aliphatic carbocycles. The van der Waals surface area contributed by atoms with Crippen LogP contribution < -0.4 is 5.73 Å². The first-order chi connectivity index (χ1) is 8.90. The van der Waals surface area contributed by atoms with Crippen molar-refractivity contribution in [1.29, 1.82) is 0 Å². The highest BCUT2D eigenvalue weighted by Gasteiger charge is 2.17. The van der Waals surface area contributed by atoms with Gasteiger partial charge in [-0.25, -0.2) is 0 Å². The summed E-state index contributed by atoms with van der Waals surface area (Å²) in [6.07, 6.45) is 1.54. The van der Waals surface area contributed by atoms with E-state index in [1.165, 1.54) is 7.11 Å². The Labute approximate surface area is 116 Å². The number of carbonyl (C=O) groups is 2. The number of methoxy groups -OCH3 is 1. The molecule has 5 nitrogen and oxygen atoms in total. The molecule has 0 heterocycles. The van der Waals surface area contributed by atoms with Crippen molar-refractivity contribution >= 4 is 11.9 Å². The van der Waals surface area contributed by atoms with Gasteiger partial charge in [0.1, 0.15) is 0 Å². The number of amides is 1. The summed E-state index contributed by atoms with van der Waals surface area (Å²) in [7, 11) is 1.36. The van der Waals surface area contributed by atoms with E-state index in [1.54, 1.807) is 4.90 Å². The summed E-state index contributed by atoms with van der Waals surface area (Å²) in [5.74, 6) is 0.550. The molecule has 1 amide bonds. The fourth-order valence-electron chi connectivity index (χ4n) is 1.73. The molecule has 0 aromatic carbocycles. The molecule has 0 rings (SSSR count). The zero-order chi connectivity index (χ0) is 14.8. The zero-order valence-corrected chi connectivity index (χ0v) is 12.6. The number of hydrogen-bond donors (Lipinski definition) is 1. The van der Waals surface area contributed by atoms with Crippen molar-refractivity contribution in [3.63, 3.8) is 0 Å². The Morgan fingerprint density at radius 1 is 1.21 bits per heavy atom. The van der Waals surface area contributed by atoms with Gasteiger partial charge >= 0.3 is 5.97 Å². The Kier molecular flexibility index (Phi) is 9.21. The summed E-state index contributed by atoms with van der Waals surface area (Å²) >= 11 is 0. The Bertz CT molecular complexity index is 280. The molecule has 19 heavy (non-hydrogen) atoms. The Hall–Kier alpha value is -1.10. The third kappa shape index (κ3) is 8.59. The second-order valence-corrected chi connectivity index (χ2v) is 5.44. The van der Waals surface area contributed by atoms with Crippen molar-refractivity contribution in [2.24, 2.45) is 17.6 Å². The number of carbonyl (C=O) groups excluding carboxylic acids is 2. The maximum Gasteiger partial charge on any atom is 0.307 e. The molecule has 0 saturated heterocycles. The van der Waals surface area contributed by atoms with Crippen LogP contribution in [0.15, 0.2) is 0 Å². The molecule has 0 bridgehead atoms. The van der Waals surface area contributed by atoms with E-state index in [4.69, 9.17) is 5.73 Å². The van der Waals surface area contributed by atoms with E-state index >= 15 is 0 Å². The zero-order valence-electron chi connectivity index (χ0n) is 12.6. The molecule has 0 radical (unpaired) electrons. The van der Waals surface area contributed by atoms with Crippen LogP contribution in [-0.2, 0) is 14.3 Å². The van der Waals surface area contributed by atoms with Gasteiger partial charge in [-0.3, -0.25) is 9.59 Å². The van der Waals surface area contributed by atoms with E-state index < -0.39 is 0 Å². The highest BCUT2D eigenvalue weighted by Crippen LogP contribution is 2.09. The van der Waals surface area contributed by atoms with Crippen molar-refractivity contribution in [1.82, 2.24) is 4.90 Å². The summed E-state index contributed by atoms with van der Waals surface area (Å²) in [6.45, 7) is 7.85. The minimum Gasteiger partial charge on any atom is -0.469 e. The predicted molar refractivity (Wildman–Crippen MR) is 75.5 cm³/mol. The van der Waals surface area contributed by atoms with Crippen LogP contribution in [0.4, 0.5) is 0 Å². The smallest absolute Gasteiger partial charge is 0.307 e. The van der Waals surface area contributed by atoms with Crippen LogP contribution in [0.2, 0.25) is 0 Å². The van der Waals surface area contributed by atoms with Crippen LogP contribution in [0.25, 0.3) is 0 Å². The summed E-state index contributed by atoms with van der Waals surface area (Å²) in [5, 5.41) is 0. The quantitative estimate of drug-likeness (QED) is 0.644. The Balaban J connectivity index is 4.30. The number of rotatable bonds is 9. The number of hydrogen-bond acceptors (Lipinski definition) is 4. The number of ether oxygens (including phenoxy) is 1. The lowest BCUT2D eigenvalue weighted by Gasteiger charge is -2.24. The van der Waals surface area contributed by atoms with Gasteiger partial charge in [0.2, 0.25) is 5.91 Å². The second-order valence-electron chi connectivity index (χ2n) is 5.44. The van der Waals surface area contributed by atoms with Gasteiger partial charge in [0.15, 0.2) is 0 Å².